The molecule has 3 heteroatoms. The molecule has 17 heavy (non-hydrogen) atoms. The lowest BCUT2D eigenvalue weighted by atomic mass is 10.1. The first-order chi connectivity index (χ1) is 7.94. The Bertz CT molecular complexity index is 398. The molecule has 1 aromatic rings. The van der Waals surface area contributed by atoms with E-state index in [-0.39, 0.29) is 0 Å². The quantitative estimate of drug-likeness (QED) is 0.658. The molecule has 1 rings (SSSR count). The van der Waals surface area contributed by atoms with E-state index in [0.717, 1.165) is 5.56 Å². The molecule has 92 valence electrons. The molecule has 0 saturated heterocycles. The number of hydrogen-bond donors (Lipinski definition) is 1. The lowest BCUT2D eigenvalue weighted by Gasteiger charge is -2.17. The first-order valence-electron chi connectivity index (χ1n) is 5.72. The van der Waals surface area contributed by atoms with Crippen molar-refractivity contribution in [2.45, 2.75) is 31.8 Å². The van der Waals surface area contributed by atoms with Crippen LogP contribution in [0.3, 0.4) is 0 Å². The zero-order valence-corrected chi connectivity index (χ0v) is 11.9. The van der Waals surface area contributed by atoms with Crippen LogP contribution in [0, 0.1) is 11.5 Å². The molecule has 0 unspecified atom stereocenters. The highest BCUT2D eigenvalue weighted by molar-refractivity contribution is 6.83. The Balaban J connectivity index is 2.84. The number of rotatable bonds is 3. The van der Waals surface area contributed by atoms with Crippen LogP contribution >= 0.6 is 0 Å². The van der Waals surface area contributed by atoms with Crippen molar-refractivity contribution in [3.8, 4) is 11.5 Å². The lowest BCUT2D eigenvalue weighted by molar-refractivity contribution is 0.0218. The first-order valence-corrected chi connectivity index (χ1v) is 9.22. The second kappa shape index (κ2) is 6.01. The third kappa shape index (κ3) is 4.74. The topological polar surface area (TPSA) is 29.5 Å². The van der Waals surface area contributed by atoms with E-state index >= 15 is 0 Å². The van der Waals surface area contributed by atoms with Gasteiger partial charge in [0.1, 0.15) is 20.3 Å². The third-order valence-electron chi connectivity index (χ3n) is 2.27. The Morgan fingerprint density at radius 2 is 1.76 bits per heavy atom. The Labute approximate surface area is 105 Å². The van der Waals surface area contributed by atoms with Gasteiger partial charge in [-0.3, -0.25) is 0 Å². The number of aliphatic hydroxyl groups excluding tert-OH is 1. The fourth-order valence-corrected chi connectivity index (χ4v) is 1.95. The maximum atomic E-state index is 10.2. The van der Waals surface area contributed by atoms with E-state index in [2.05, 4.69) is 31.1 Å². The van der Waals surface area contributed by atoms with E-state index in [1.165, 1.54) is 0 Å². The fraction of sp³-hybridized carbons (Fsp3) is 0.429. The molecule has 1 aromatic carbocycles. The molecule has 0 fully saturated rings. The molecular formula is C14H20O2Si. The first kappa shape index (κ1) is 14.0. The van der Waals surface area contributed by atoms with Crippen molar-refractivity contribution in [3.63, 3.8) is 0 Å². The van der Waals surface area contributed by atoms with E-state index in [1.54, 1.807) is 7.11 Å². The summed E-state index contributed by atoms with van der Waals surface area (Å²) in [5.74, 6) is 3.05. The normalized spacial score (nSPS) is 14.6. The van der Waals surface area contributed by atoms with E-state index in [9.17, 15) is 5.11 Å². The molecule has 0 aliphatic rings. The zero-order chi connectivity index (χ0) is 12.9. The van der Waals surface area contributed by atoms with Gasteiger partial charge in [0.05, 0.1) is 0 Å². The highest BCUT2D eigenvalue weighted by Crippen LogP contribution is 2.18. The number of benzene rings is 1. The lowest BCUT2D eigenvalue weighted by Crippen LogP contribution is -2.22. The summed E-state index contributed by atoms with van der Waals surface area (Å²) in [6, 6.07) is 9.49. The maximum absolute atomic E-state index is 10.2. The summed E-state index contributed by atoms with van der Waals surface area (Å²) in [5.41, 5.74) is 4.06. The SMILES string of the molecule is CO[C@@H](C#C[Si](C)(C)C)[C@H](O)c1ccccc1. The third-order valence-corrected chi connectivity index (χ3v) is 3.17. The van der Waals surface area contributed by atoms with Crippen molar-refractivity contribution in [1.82, 2.24) is 0 Å². The summed E-state index contributed by atoms with van der Waals surface area (Å²) in [6.07, 6.45) is -1.14. The Morgan fingerprint density at radius 3 is 2.24 bits per heavy atom. The van der Waals surface area contributed by atoms with Crippen LogP contribution in [0.4, 0.5) is 0 Å². The molecule has 0 amide bonds. The largest absolute Gasteiger partial charge is 0.385 e. The zero-order valence-electron chi connectivity index (χ0n) is 10.9. The van der Waals surface area contributed by atoms with Crippen molar-refractivity contribution in [3.05, 3.63) is 35.9 Å². The van der Waals surface area contributed by atoms with Crippen LogP contribution in [-0.2, 0) is 4.74 Å². The summed E-state index contributed by atoms with van der Waals surface area (Å²) in [7, 11) is 0.144. The fourth-order valence-electron chi connectivity index (χ4n) is 1.38. The molecule has 0 bridgehead atoms. The summed E-state index contributed by atoms with van der Waals surface area (Å²) in [5, 5.41) is 10.2. The van der Waals surface area contributed by atoms with Crippen LogP contribution in [0.1, 0.15) is 11.7 Å². The molecule has 2 atom stereocenters. The van der Waals surface area contributed by atoms with Gasteiger partial charge in [0.15, 0.2) is 0 Å². The Morgan fingerprint density at radius 1 is 1.18 bits per heavy atom. The molecule has 1 N–H and O–H groups in total. The van der Waals surface area contributed by atoms with Gasteiger partial charge >= 0.3 is 0 Å². The van der Waals surface area contributed by atoms with Gasteiger partial charge in [0.2, 0.25) is 0 Å². The van der Waals surface area contributed by atoms with Gasteiger partial charge in [-0.15, -0.1) is 5.54 Å². The van der Waals surface area contributed by atoms with E-state index in [1.807, 2.05) is 30.3 Å². The summed E-state index contributed by atoms with van der Waals surface area (Å²) in [6.45, 7) is 6.50. The molecule has 0 saturated carbocycles. The van der Waals surface area contributed by atoms with Gasteiger partial charge in [0.25, 0.3) is 0 Å². The van der Waals surface area contributed by atoms with E-state index < -0.39 is 20.3 Å². The number of hydrogen-bond acceptors (Lipinski definition) is 2. The van der Waals surface area contributed by atoms with Crippen LogP contribution in [0.15, 0.2) is 30.3 Å². The second-order valence-corrected chi connectivity index (χ2v) is 9.78. The molecule has 0 spiro atoms. The van der Waals surface area contributed by atoms with Crippen LogP contribution in [-0.4, -0.2) is 26.4 Å². The monoisotopic (exact) mass is 248 g/mol. The van der Waals surface area contributed by atoms with Crippen molar-refractivity contribution in [1.29, 1.82) is 0 Å². The molecule has 0 aliphatic heterocycles. The minimum atomic E-state index is -1.44. The van der Waals surface area contributed by atoms with Gasteiger partial charge in [0, 0.05) is 7.11 Å². The Hall–Kier alpha value is -1.08. The average Bonchev–Trinajstić information content (AvgIpc) is 2.29. The molecule has 2 nitrogen and oxygen atoms in total. The average molecular weight is 248 g/mol. The molecule has 0 radical (unpaired) electrons. The number of ether oxygens (including phenoxy) is 1. The van der Waals surface area contributed by atoms with Crippen LogP contribution < -0.4 is 0 Å². The summed E-state index contributed by atoms with van der Waals surface area (Å²) >= 11 is 0. The van der Waals surface area contributed by atoms with Gasteiger partial charge in [-0.25, -0.2) is 0 Å². The van der Waals surface area contributed by atoms with Gasteiger partial charge in [-0.05, 0) is 5.56 Å². The maximum Gasteiger partial charge on any atom is 0.147 e. The second-order valence-electron chi connectivity index (χ2n) is 5.03. The predicted molar refractivity (Wildman–Crippen MR) is 73.3 cm³/mol. The van der Waals surface area contributed by atoms with Crippen molar-refractivity contribution >= 4 is 8.07 Å². The number of aliphatic hydroxyl groups is 1. The van der Waals surface area contributed by atoms with Crippen LogP contribution in [0.5, 0.6) is 0 Å². The smallest absolute Gasteiger partial charge is 0.147 e. The van der Waals surface area contributed by atoms with E-state index in [0.29, 0.717) is 0 Å². The van der Waals surface area contributed by atoms with E-state index in [4.69, 9.17) is 4.74 Å². The highest BCUT2D eigenvalue weighted by atomic mass is 28.3. The number of methoxy groups -OCH3 is 1. The molecule has 0 aromatic heterocycles. The minimum Gasteiger partial charge on any atom is -0.385 e. The van der Waals surface area contributed by atoms with Crippen molar-refractivity contribution in [2.75, 3.05) is 7.11 Å². The highest BCUT2D eigenvalue weighted by Gasteiger charge is 2.19. The summed E-state index contributed by atoms with van der Waals surface area (Å²) in [4.78, 5) is 0. The molecule has 0 aliphatic carbocycles. The van der Waals surface area contributed by atoms with Gasteiger partial charge < -0.3 is 9.84 Å². The standard InChI is InChI=1S/C14H20O2Si/c1-16-13(10-11-17(2,3)4)14(15)12-8-6-5-7-9-12/h5-9,13-15H,1-4H3/t13-,14+/m0/s1. The summed E-state index contributed by atoms with van der Waals surface area (Å²) < 4.78 is 5.26. The predicted octanol–water partition coefficient (Wildman–Crippen LogP) is 2.62. The van der Waals surface area contributed by atoms with Gasteiger partial charge in [-0.2, -0.15) is 0 Å². The van der Waals surface area contributed by atoms with Crippen molar-refractivity contribution < 1.29 is 9.84 Å². The molecular weight excluding hydrogens is 228 g/mol. The minimum absolute atomic E-state index is 0.455. The Kier molecular flexibility index (Phi) is 4.95. The van der Waals surface area contributed by atoms with Crippen molar-refractivity contribution in [2.24, 2.45) is 0 Å². The van der Waals surface area contributed by atoms with Gasteiger partial charge in [-0.1, -0.05) is 55.9 Å². The van der Waals surface area contributed by atoms with Crippen LogP contribution in [0.25, 0.3) is 0 Å². The molecule has 0 heterocycles. The van der Waals surface area contributed by atoms with Crippen LogP contribution in [0.2, 0.25) is 19.6 Å².